The molecule has 1 amide bonds. The van der Waals surface area contributed by atoms with E-state index < -0.39 is 0 Å². The highest BCUT2D eigenvalue weighted by atomic mass is 19.1. The molecule has 0 bridgehead atoms. The van der Waals surface area contributed by atoms with Crippen molar-refractivity contribution in [2.24, 2.45) is 0 Å². The molecule has 1 heterocycles. The van der Waals surface area contributed by atoms with Crippen LogP contribution in [-0.2, 0) is 11.2 Å². The number of aryl methyl sites for hydroxylation is 1. The molecule has 1 aromatic rings. The van der Waals surface area contributed by atoms with Gasteiger partial charge in [-0.3, -0.25) is 4.79 Å². The Balaban J connectivity index is 1.82. The van der Waals surface area contributed by atoms with Crippen LogP contribution in [0, 0.1) is 5.82 Å². The number of carbonyl (C=O) groups is 1. The van der Waals surface area contributed by atoms with Crippen molar-refractivity contribution in [1.29, 1.82) is 0 Å². The molecule has 4 heteroatoms. The van der Waals surface area contributed by atoms with Gasteiger partial charge in [-0.1, -0.05) is 12.1 Å². The summed E-state index contributed by atoms with van der Waals surface area (Å²) in [6.07, 6.45) is 1.33. The first-order valence-electron chi connectivity index (χ1n) is 5.85. The number of rotatable bonds is 3. The molecule has 2 rings (SSSR count). The lowest BCUT2D eigenvalue weighted by Gasteiger charge is -2.15. The molecule has 0 aromatic heterocycles. The second kappa shape index (κ2) is 5.27. The molecule has 0 saturated carbocycles. The van der Waals surface area contributed by atoms with Crippen LogP contribution in [0.25, 0.3) is 0 Å². The lowest BCUT2D eigenvalue weighted by atomic mass is 10.1. The van der Waals surface area contributed by atoms with Crippen molar-refractivity contribution in [3.05, 3.63) is 35.6 Å². The number of hydrogen-bond donors (Lipinski definition) is 1. The van der Waals surface area contributed by atoms with Gasteiger partial charge < -0.3 is 10.0 Å². The number of β-amino-alcohol motifs (C(OH)–C–C–N with tert-alkyl or cyclic N) is 1. The minimum Gasteiger partial charge on any atom is -0.391 e. The summed E-state index contributed by atoms with van der Waals surface area (Å²) < 4.78 is 12.7. The Morgan fingerprint density at radius 1 is 1.41 bits per heavy atom. The van der Waals surface area contributed by atoms with Gasteiger partial charge in [0.05, 0.1) is 6.10 Å². The second-order valence-corrected chi connectivity index (χ2v) is 4.41. The summed E-state index contributed by atoms with van der Waals surface area (Å²) in [5, 5.41) is 9.33. The Morgan fingerprint density at radius 3 is 2.71 bits per heavy atom. The molecule has 0 unspecified atom stereocenters. The van der Waals surface area contributed by atoms with Crippen LogP contribution >= 0.6 is 0 Å². The van der Waals surface area contributed by atoms with Crippen LogP contribution in [0.5, 0.6) is 0 Å². The normalized spacial score (nSPS) is 19.6. The topological polar surface area (TPSA) is 40.5 Å². The predicted molar refractivity (Wildman–Crippen MR) is 61.9 cm³/mol. The van der Waals surface area contributed by atoms with Crippen LogP contribution in [-0.4, -0.2) is 35.1 Å². The van der Waals surface area contributed by atoms with E-state index in [0.717, 1.165) is 5.56 Å². The fourth-order valence-corrected chi connectivity index (χ4v) is 2.03. The van der Waals surface area contributed by atoms with Crippen molar-refractivity contribution in [1.82, 2.24) is 4.90 Å². The van der Waals surface area contributed by atoms with E-state index in [1.807, 2.05) is 0 Å². The van der Waals surface area contributed by atoms with E-state index >= 15 is 0 Å². The fraction of sp³-hybridized carbons (Fsp3) is 0.462. The van der Waals surface area contributed by atoms with E-state index in [2.05, 4.69) is 0 Å². The van der Waals surface area contributed by atoms with Crippen molar-refractivity contribution in [2.75, 3.05) is 13.1 Å². The lowest BCUT2D eigenvalue weighted by Crippen LogP contribution is -2.29. The molecule has 92 valence electrons. The number of amides is 1. The minimum atomic E-state index is -0.371. The third kappa shape index (κ3) is 3.27. The molecule has 17 heavy (non-hydrogen) atoms. The molecule has 0 aliphatic carbocycles. The largest absolute Gasteiger partial charge is 0.391 e. The zero-order valence-electron chi connectivity index (χ0n) is 9.60. The second-order valence-electron chi connectivity index (χ2n) is 4.41. The minimum absolute atomic E-state index is 0.0610. The number of carbonyl (C=O) groups excluding carboxylic acids is 1. The molecular formula is C13H16FNO2. The molecular weight excluding hydrogens is 221 g/mol. The van der Waals surface area contributed by atoms with Crippen molar-refractivity contribution in [2.45, 2.75) is 25.4 Å². The first-order valence-corrected chi connectivity index (χ1v) is 5.85. The Hall–Kier alpha value is -1.42. The van der Waals surface area contributed by atoms with Gasteiger partial charge in [0.2, 0.25) is 5.91 Å². The molecule has 1 aliphatic heterocycles. The van der Waals surface area contributed by atoms with Crippen LogP contribution < -0.4 is 0 Å². The number of halogens is 1. The number of aliphatic hydroxyl groups excluding tert-OH is 1. The van der Waals surface area contributed by atoms with Crippen LogP contribution in [0.4, 0.5) is 4.39 Å². The van der Waals surface area contributed by atoms with E-state index in [9.17, 15) is 14.3 Å². The molecule has 3 nitrogen and oxygen atoms in total. The average molecular weight is 237 g/mol. The zero-order chi connectivity index (χ0) is 12.3. The smallest absolute Gasteiger partial charge is 0.222 e. The van der Waals surface area contributed by atoms with E-state index in [-0.39, 0.29) is 17.8 Å². The number of likely N-dealkylation sites (tertiary alicyclic amines) is 1. The van der Waals surface area contributed by atoms with Crippen LogP contribution in [0.3, 0.4) is 0 Å². The van der Waals surface area contributed by atoms with Crippen molar-refractivity contribution < 1.29 is 14.3 Å². The zero-order valence-corrected chi connectivity index (χ0v) is 9.60. The summed E-state index contributed by atoms with van der Waals surface area (Å²) in [6, 6.07) is 6.20. The average Bonchev–Trinajstić information content (AvgIpc) is 2.75. The van der Waals surface area contributed by atoms with Gasteiger partial charge in [0, 0.05) is 19.5 Å². The summed E-state index contributed by atoms with van der Waals surface area (Å²) in [5.74, 6) is -0.200. The highest BCUT2D eigenvalue weighted by Crippen LogP contribution is 2.12. The van der Waals surface area contributed by atoms with Gasteiger partial charge in [0.1, 0.15) is 5.82 Å². The molecule has 1 fully saturated rings. The highest BCUT2D eigenvalue weighted by molar-refractivity contribution is 5.76. The number of nitrogens with zero attached hydrogens (tertiary/aromatic N) is 1. The summed E-state index contributed by atoms with van der Waals surface area (Å²) in [7, 11) is 0. The molecule has 1 aromatic carbocycles. The van der Waals surface area contributed by atoms with Crippen LogP contribution in [0.2, 0.25) is 0 Å². The predicted octanol–water partition coefficient (Wildman–Crippen LogP) is 1.35. The van der Waals surface area contributed by atoms with Gasteiger partial charge in [0.15, 0.2) is 0 Å². The Kier molecular flexibility index (Phi) is 3.74. The van der Waals surface area contributed by atoms with Crippen LogP contribution in [0.1, 0.15) is 18.4 Å². The molecule has 0 radical (unpaired) electrons. The maximum atomic E-state index is 12.7. The van der Waals surface area contributed by atoms with Gasteiger partial charge in [0.25, 0.3) is 0 Å². The van der Waals surface area contributed by atoms with E-state index in [4.69, 9.17) is 0 Å². The number of aliphatic hydroxyl groups is 1. The molecule has 1 saturated heterocycles. The highest BCUT2D eigenvalue weighted by Gasteiger charge is 2.23. The fourth-order valence-electron chi connectivity index (χ4n) is 2.03. The maximum Gasteiger partial charge on any atom is 0.222 e. The Bertz CT molecular complexity index is 391. The summed E-state index contributed by atoms with van der Waals surface area (Å²) in [6.45, 7) is 1.09. The van der Waals surface area contributed by atoms with Crippen molar-refractivity contribution >= 4 is 5.91 Å². The maximum absolute atomic E-state index is 12.7. The summed E-state index contributed by atoms with van der Waals surface area (Å²) >= 11 is 0. The first kappa shape index (κ1) is 12.0. The summed E-state index contributed by atoms with van der Waals surface area (Å²) in [4.78, 5) is 13.5. The van der Waals surface area contributed by atoms with Crippen molar-refractivity contribution in [3.8, 4) is 0 Å². The van der Waals surface area contributed by atoms with Gasteiger partial charge in [-0.15, -0.1) is 0 Å². The molecule has 0 spiro atoms. The third-order valence-electron chi connectivity index (χ3n) is 3.06. The molecule has 1 N–H and O–H groups in total. The SMILES string of the molecule is O=C(CCc1ccc(F)cc1)N1CC[C@H](O)C1. The van der Waals surface area contributed by atoms with E-state index in [1.54, 1.807) is 17.0 Å². The monoisotopic (exact) mass is 237 g/mol. The standard InChI is InChI=1S/C13H16FNO2/c14-11-4-1-10(2-5-11)3-6-13(17)15-8-7-12(16)9-15/h1-2,4-5,12,16H,3,6-9H2/t12-/m0/s1. The van der Waals surface area contributed by atoms with E-state index in [1.165, 1.54) is 12.1 Å². The number of benzene rings is 1. The van der Waals surface area contributed by atoms with Crippen molar-refractivity contribution in [3.63, 3.8) is 0 Å². The van der Waals surface area contributed by atoms with Gasteiger partial charge in [-0.05, 0) is 30.5 Å². The molecule has 1 atom stereocenters. The third-order valence-corrected chi connectivity index (χ3v) is 3.06. The van der Waals surface area contributed by atoms with Gasteiger partial charge in [-0.25, -0.2) is 4.39 Å². The van der Waals surface area contributed by atoms with E-state index in [0.29, 0.717) is 32.4 Å². The number of hydrogen-bond acceptors (Lipinski definition) is 2. The summed E-state index contributed by atoms with van der Waals surface area (Å²) in [5.41, 5.74) is 0.958. The van der Waals surface area contributed by atoms with Gasteiger partial charge in [-0.2, -0.15) is 0 Å². The molecule has 1 aliphatic rings. The van der Waals surface area contributed by atoms with Gasteiger partial charge >= 0.3 is 0 Å². The van der Waals surface area contributed by atoms with Crippen LogP contribution in [0.15, 0.2) is 24.3 Å². The Labute approximate surface area is 99.9 Å². The first-order chi connectivity index (χ1) is 8.15. The lowest BCUT2D eigenvalue weighted by molar-refractivity contribution is -0.130. The Morgan fingerprint density at radius 2 is 2.12 bits per heavy atom. The quantitative estimate of drug-likeness (QED) is 0.862.